The van der Waals surface area contributed by atoms with E-state index in [1.807, 2.05) is 24.3 Å². The fraction of sp³-hybridized carbons (Fsp3) is 0.500. The normalized spacial score (nSPS) is 31.3. The molecule has 1 unspecified atom stereocenters. The minimum Gasteiger partial charge on any atom is -0.367 e. The van der Waals surface area contributed by atoms with Gasteiger partial charge in [-0.2, -0.15) is 0 Å². The van der Waals surface area contributed by atoms with Crippen LogP contribution in [-0.2, 0) is 11.2 Å². The van der Waals surface area contributed by atoms with Gasteiger partial charge < -0.3 is 4.74 Å². The summed E-state index contributed by atoms with van der Waals surface area (Å²) in [6.45, 7) is 0.779. The number of halogens is 2. The van der Waals surface area contributed by atoms with Crippen molar-refractivity contribution < 1.29 is 4.74 Å². The van der Waals surface area contributed by atoms with Gasteiger partial charge in [0.2, 0.25) is 0 Å². The van der Waals surface area contributed by atoms with Crippen LogP contribution in [0, 0.1) is 0 Å². The third kappa shape index (κ3) is 1.57. The fourth-order valence-electron chi connectivity index (χ4n) is 2.12. The zero-order chi connectivity index (χ0) is 10.5. The highest BCUT2D eigenvalue weighted by atomic mass is 35.5. The molecule has 3 rings (SSSR count). The molecule has 1 saturated heterocycles. The predicted molar refractivity (Wildman–Crippen MR) is 61.7 cm³/mol. The standard InChI is InChI=1S/C12H12Cl2O/c13-10-4-2-1-3-9(10)7-12(8-15-12)11(14)5-6-11/h1-4H,5-8H2. The van der Waals surface area contributed by atoms with E-state index in [-0.39, 0.29) is 10.5 Å². The molecule has 2 aliphatic rings. The van der Waals surface area contributed by atoms with Gasteiger partial charge in [-0.25, -0.2) is 0 Å². The Bertz CT molecular complexity index is 394. The summed E-state index contributed by atoms with van der Waals surface area (Å²) in [6, 6.07) is 7.92. The zero-order valence-corrected chi connectivity index (χ0v) is 9.81. The molecule has 1 aromatic rings. The summed E-state index contributed by atoms with van der Waals surface area (Å²) < 4.78 is 5.59. The minimum atomic E-state index is -0.125. The monoisotopic (exact) mass is 242 g/mol. The lowest BCUT2D eigenvalue weighted by molar-refractivity contribution is 0.284. The Morgan fingerprint density at radius 1 is 1.27 bits per heavy atom. The van der Waals surface area contributed by atoms with Gasteiger partial charge in [-0.3, -0.25) is 0 Å². The van der Waals surface area contributed by atoms with E-state index < -0.39 is 0 Å². The van der Waals surface area contributed by atoms with Gasteiger partial charge in [-0.05, 0) is 24.5 Å². The maximum atomic E-state index is 6.43. The average Bonchev–Trinajstić information content (AvgIpc) is 3.08. The molecular formula is C12H12Cl2O. The van der Waals surface area contributed by atoms with Gasteiger partial charge in [0, 0.05) is 11.4 Å². The Morgan fingerprint density at radius 3 is 2.47 bits per heavy atom. The maximum absolute atomic E-state index is 6.43. The molecule has 1 aromatic carbocycles. The highest BCUT2D eigenvalue weighted by Crippen LogP contribution is 2.59. The second kappa shape index (κ2) is 3.13. The fourth-order valence-corrected chi connectivity index (χ4v) is 2.59. The lowest BCUT2D eigenvalue weighted by Gasteiger charge is -2.17. The van der Waals surface area contributed by atoms with E-state index in [9.17, 15) is 0 Å². The van der Waals surface area contributed by atoms with Crippen LogP contribution >= 0.6 is 23.2 Å². The zero-order valence-electron chi connectivity index (χ0n) is 8.30. The van der Waals surface area contributed by atoms with Crippen LogP contribution < -0.4 is 0 Å². The van der Waals surface area contributed by atoms with Gasteiger partial charge in [-0.15, -0.1) is 11.6 Å². The molecule has 3 heteroatoms. The smallest absolute Gasteiger partial charge is 0.115 e. The molecule has 2 fully saturated rings. The van der Waals surface area contributed by atoms with Crippen molar-refractivity contribution in [3.63, 3.8) is 0 Å². The van der Waals surface area contributed by atoms with Gasteiger partial charge in [0.05, 0.1) is 11.5 Å². The third-order valence-corrected chi connectivity index (χ3v) is 4.52. The lowest BCUT2D eigenvalue weighted by atomic mass is 9.95. The van der Waals surface area contributed by atoms with Crippen LogP contribution in [0.4, 0.5) is 0 Å². The van der Waals surface area contributed by atoms with E-state index in [2.05, 4.69) is 0 Å². The van der Waals surface area contributed by atoms with Crippen LogP contribution in [0.2, 0.25) is 5.02 Å². The molecule has 0 aromatic heterocycles. The van der Waals surface area contributed by atoms with E-state index in [0.29, 0.717) is 0 Å². The summed E-state index contributed by atoms with van der Waals surface area (Å²) in [6.07, 6.45) is 2.98. The summed E-state index contributed by atoms with van der Waals surface area (Å²) in [5.74, 6) is 0. The molecule has 0 bridgehead atoms. The highest BCUT2D eigenvalue weighted by Gasteiger charge is 2.66. The molecule has 1 saturated carbocycles. The predicted octanol–water partition coefficient (Wildman–Crippen LogP) is 3.42. The number of hydrogen-bond donors (Lipinski definition) is 0. The molecule has 0 radical (unpaired) electrons. The topological polar surface area (TPSA) is 12.5 Å². The van der Waals surface area contributed by atoms with E-state index in [0.717, 1.165) is 36.5 Å². The molecule has 15 heavy (non-hydrogen) atoms. The van der Waals surface area contributed by atoms with Crippen LogP contribution in [0.15, 0.2) is 24.3 Å². The van der Waals surface area contributed by atoms with Gasteiger partial charge in [0.25, 0.3) is 0 Å². The summed E-state index contributed by atoms with van der Waals surface area (Å²) >= 11 is 12.6. The largest absolute Gasteiger partial charge is 0.367 e. The SMILES string of the molecule is Clc1ccccc1CC1(C2(Cl)CC2)CO1. The second-order valence-corrected chi connectivity index (χ2v) is 5.65. The van der Waals surface area contributed by atoms with Crippen molar-refractivity contribution >= 4 is 23.2 Å². The van der Waals surface area contributed by atoms with Crippen LogP contribution in [-0.4, -0.2) is 17.1 Å². The van der Waals surface area contributed by atoms with Gasteiger partial charge >= 0.3 is 0 Å². The quantitative estimate of drug-likeness (QED) is 0.585. The number of epoxide rings is 1. The third-order valence-electron chi connectivity index (χ3n) is 3.43. The number of alkyl halides is 1. The van der Waals surface area contributed by atoms with Crippen LogP contribution in [0.5, 0.6) is 0 Å². The van der Waals surface area contributed by atoms with Gasteiger partial charge in [-0.1, -0.05) is 29.8 Å². The summed E-state index contributed by atoms with van der Waals surface area (Å²) in [7, 11) is 0. The first-order valence-corrected chi connectivity index (χ1v) is 5.97. The Balaban J connectivity index is 1.84. The van der Waals surface area contributed by atoms with E-state index in [1.54, 1.807) is 0 Å². The average molecular weight is 243 g/mol. The van der Waals surface area contributed by atoms with Gasteiger partial charge in [0.15, 0.2) is 0 Å². The number of benzene rings is 1. The van der Waals surface area contributed by atoms with E-state index >= 15 is 0 Å². The van der Waals surface area contributed by atoms with Crippen LogP contribution in [0.1, 0.15) is 18.4 Å². The first-order valence-electron chi connectivity index (χ1n) is 5.22. The molecule has 0 N–H and O–H groups in total. The number of rotatable bonds is 3. The van der Waals surface area contributed by atoms with Crippen molar-refractivity contribution in [3.05, 3.63) is 34.9 Å². The Hall–Kier alpha value is -0.240. The maximum Gasteiger partial charge on any atom is 0.115 e. The summed E-state index contributed by atoms with van der Waals surface area (Å²) in [5.41, 5.74) is 1.02. The Kier molecular flexibility index (Phi) is 2.08. The summed E-state index contributed by atoms with van der Waals surface area (Å²) in [5, 5.41) is 0.813. The van der Waals surface area contributed by atoms with E-state index in [4.69, 9.17) is 27.9 Å². The van der Waals surface area contributed by atoms with Crippen molar-refractivity contribution in [1.82, 2.24) is 0 Å². The molecule has 1 aliphatic carbocycles. The van der Waals surface area contributed by atoms with Crippen LogP contribution in [0.25, 0.3) is 0 Å². The molecule has 1 aliphatic heterocycles. The lowest BCUT2D eigenvalue weighted by Crippen LogP contribution is -2.29. The van der Waals surface area contributed by atoms with Crippen molar-refractivity contribution in [3.8, 4) is 0 Å². The molecule has 1 atom stereocenters. The number of hydrogen-bond acceptors (Lipinski definition) is 1. The molecule has 1 heterocycles. The first kappa shape index (κ1) is 9.95. The Labute approximate surface area is 99.3 Å². The van der Waals surface area contributed by atoms with Crippen LogP contribution in [0.3, 0.4) is 0 Å². The minimum absolute atomic E-state index is 0.105. The highest BCUT2D eigenvalue weighted by molar-refractivity contribution is 6.31. The van der Waals surface area contributed by atoms with Crippen molar-refractivity contribution in [2.45, 2.75) is 29.7 Å². The molecule has 80 valence electrons. The van der Waals surface area contributed by atoms with Crippen molar-refractivity contribution in [2.24, 2.45) is 0 Å². The second-order valence-electron chi connectivity index (χ2n) is 4.52. The van der Waals surface area contributed by atoms with Crippen molar-refractivity contribution in [2.75, 3.05) is 6.61 Å². The molecular weight excluding hydrogens is 231 g/mol. The molecule has 1 nitrogen and oxygen atoms in total. The Morgan fingerprint density at radius 2 is 1.93 bits per heavy atom. The molecule has 0 amide bonds. The molecule has 0 spiro atoms. The van der Waals surface area contributed by atoms with Crippen molar-refractivity contribution in [1.29, 1.82) is 0 Å². The van der Waals surface area contributed by atoms with E-state index in [1.165, 1.54) is 0 Å². The number of ether oxygens (including phenoxy) is 1. The first-order chi connectivity index (χ1) is 7.15. The van der Waals surface area contributed by atoms with Gasteiger partial charge in [0.1, 0.15) is 5.60 Å². The summed E-state index contributed by atoms with van der Waals surface area (Å²) in [4.78, 5) is -0.105.